The van der Waals surface area contributed by atoms with Gasteiger partial charge in [-0.1, -0.05) is 32.0 Å². The van der Waals surface area contributed by atoms with Gasteiger partial charge < -0.3 is 5.11 Å². The van der Waals surface area contributed by atoms with Gasteiger partial charge in [0.1, 0.15) is 0 Å². The average Bonchev–Trinajstić information content (AvgIpc) is 2.34. The second-order valence-corrected chi connectivity index (χ2v) is 7.52. The molecule has 0 radical (unpaired) electrons. The first-order chi connectivity index (χ1) is 9.65. The molecule has 118 valence electrons. The van der Waals surface area contributed by atoms with Crippen molar-refractivity contribution in [3.8, 4) is 0 Å². The third kappa shape index (κ3) is 4.82. The first-order valence-corrected chi connectivity index (χ1v) is 8.47. The first kappa shape index (κ1) is 17.7. The lowest BCUT2D eigenvalue weighted by atomic mass is 9.90. The van der Waals surface area contributed by atoms with Crippen molar-refractivity contribution in [1.29, 1.82) is 0 Å². The third-order valence-electron chi connectivity index (χ3n) is 2.98. The van der Waals surface area contributed by atoms with Crippen LogP contribution in [0.1, 0.15) is 45.6 Å². The summed E-state index contributed by atoms with van der Waals surface area (Å²) in [6.07, 6.45) is 0.392. The van der Waals surface area contributed by atoms with Crippen molar-refractivity contribution in [2.75, 3.05) is 0 Å². The maximum atomic E-state index is 12.4. The van der Waals surface area contributed by atoms with Crippen LogP contribution in [0.15, 0.2) is 29.2 Å². The zero-order valence-electron chi connectivity index (χ0n) is 12.8. The van der Waals surface area contributed by atoms with E-state index in [1.807, 2.05) is 13.8 Å². The molecular formula is C15H23NO4S. The minimum atomic E-state index is -3.72. The predicted octanol–water partition coefficient (Wildman–Crippen LogP) is 2.59. The van der Waals surface area contributed by atoms with Crippen LogP contribution in [-0.4, -0.2) is 25.5 Å². The molecule has 0 aliphatic heterocycles. The SMILES string of the molecule is CC(C)CC(C(=O)O)c1ccccc1S(=O)(=O)NC(C)C. The van der Waals surface area contributed by atoms with Gasteiger partial charge in [0.05, 0.1) is 10.8 Å². The quantitative estimate of drug-likeness (QED) is 0.810. The minimum Gasteiger partial charge on any atom is -0.481 e. The monoisotopic (exact) mass is 313 g/mol. The molecule has 0 aliphatic carbocycles. The Morgan fingerprint density at radius 1 is 1.19 bits per heavy atom. The van der Waals surface area contributed by atoms with Crippen molar-refractivity contribution >= 4 is 16.0 Å². The molecule has 1 aromatic carbocycles. The number of carbonyl (C=O) groups is 1. The second kappa shape index (κ2) is 7.04. The van der Waals surface area contributed by atoms with Crippen molar-refractivity contribution in [2.24, 2.45) is 5.92 Å². The van der Waals surface area contributed by atoms with E-state index in [-0.39, 0.29) is 16.9 Å². The fourth-order valence-corrected chi connectivity index (χ4v) is 3.75. The molecule has 1 atom stereocenters. The Hall–Kier alpha value is -1.40. The normalized spacial score (nSPS) is 13.6. The third-order valence-corrected chi connectivity index (χ3v) is 4.71. The summed E-state index contributed by atoms with van der Waals surface area (Å²) in [7, 11) is -3.72. The number of carboxylic acid groups (broad SMARTS) is 1. The standard InChI is InChI=1S/C15H23NO4S/c1-10(2)9-13(15(17)18)12-7-5-6-8-14(12)21(19,20)16-11(3)4/h5-8,10-11,13,16H,9H2,1-4H3,(H,17,18). The van der Waals surface area contributed by atoms with Gasteiger partial charge in [0.25, 0.3) is 0 Å². The summed E-state index contributed by atoms with van der Waals surface area (Å²) in [4.78, 5) is 11.6. The van der Waals surface area contributed by atoms with Gasteiger partial charge in [-0.2, -0.15) is 0 Å². The second-order valence-electron chi connectivity index (χ2n) is 5.83. The van der Waals surface area contributed by atoms with Crippen LogP contribution in [0.2, 0.25) is 0 Å². The van der Waals surface area contributed by atoms with Gasteiger partial charge in [0.2, 0.25) is 10.0 Å². The zero-order chi connectivity index (χ0) is 16.2. The Bertz CT molecular complexity index is 593. The highest BCUT2D eigenvalue weighted by molar-refractivity contribution is 7.89. The zero-order valence-corrected chi connectivity index (χ0v) is 13.6. The number of hydrogen-bond donors (Lipinski definition) is 2. The van der Waals surface area contributed by atoms with E-state index >= 15 is 0 Å². The lowest BCUT2D eigenvalue weighted by molar-refractivity contribution is -0.139. The number of nitrogens with one attached hydrogen (secondary N) is 1. The Morgan fingerprint density at radius 2 is 1.76 bits per heavy atom. The molecule has 0 aromatic heterocycles. The van der Waals surface area contributed by atoms with E-state index in [1.54, 1.807) is 32.0 Å². The van der Waals surface area contributed by atoms with E-state index in [2.05, 4.69) is 4.72 Å². The molecule has 0 fully saturated rings. The molecule has 0 saturated carbocycles. The lowest BCUT2D eigenvalue weighted by Crippen LogP contribution is -2.31. The van der Waals surface area contributed by atoms with Crippen molar-refractivity contribution in [3.63, 3.8) is 0 Å². The number of aliphatic carboxylic acids is 1. The molecule has 1 unspecified atom stereocenters. The van der Waals surface area contributed by atoms with Crippen LogP contribution in [-0.2, 0) is 14.8 Å². The van der Waals surface area contributed by atoms with Crippen LogP contribution >= 0.6 is 0 Å². The molecule has 0 saturated heterocycles. The highest BCUT2D eigenvalue weighted by Gasteiger charge is 2.28. The lowest BCUT2D eigenvalue weighted by Gasteiger charge is -2.19. The molecule has 1 rings (SSSR count). The van der Waals surface area contributed by atoms with Crippen LogP contribution in [0.4, 0.5) is 0 Å². The number of hydrogen-bond acceptors (Lipinski definition) is 3. The molecule has 0 aliphatic rings. The van der Waals surface area contributed by atoms with Crippen LogP contribution in [0.5, 0.6) is 0 Å². The molecule has 21 heavy (non-hydrogen) atoms. The molecule has 6 heteroatoms. The highest BCUT2D eigenvalue weighted by atomic mass is 32.2. The summed E-state index contributed by atoms with van der Waals surface area (Å²) in [5, 5.41) is 9.43. The van der Waals surface area contributed by atoms with E-state index in [4.69, 9.17) is 0 Å². The summed E-state index contributed by atoms with van der Waals surface area (Å²) in [6, 6.07) is 6.05. The van der Waals surface area contributed by atoms with Gasteiger partial charge >= 0.3 is 5.97 Å². The van der Waals surface area contributed by atoms with E-state index < -0.39 is 21.9 Å². The van der Waals surface area contributed by atoms with Gasteiger partial charge in [-0.05, 0) is 37.8 Å². The van der Waals surface area contributed by atoms with Crippen molar-refractivity contribution < 1.29 is 18.3 Å². The first-order valence-electron chi connectivity index (χ1n) is 6.99. The van der Waals surface area contributed by atoms with Crippen LogP contribution in [0.3, 0.4) is 0 Å². The Kier molecular flexibility index (Phi) is 5.92. The molecule has 0 spiro atoms. The van der Waals surface area contributed by atoms with Gasteiger partial charge in [-0.25, -0.2) is 13.1 Å². The molecule has 1 aromatic rings. The smallest absolute Gasteiger partial charge is 0.311 e. The van der Waals surface area contributed by atoms with Gasteiger partial charge in [-0.3, -0.25) is 4.79 Å². The van der Waals surface area contributed by atoms with Crippen molar-refractivity contribution in [2.45, 2.75) is 51.0 Å². The van der Waals surface area contributed by atoms with Gasteiger partial charge in [0.15, 0.2) is 0 Å². The molecule has 5 nitrogen and oxygen atoms in total. The molecule has 0 heterocycles. The van der Waals surface area contributed by atoms with Crippen LogP contribution in [0.25, 0.3) is 0 Å². The van der Waals surface area contributed by atoms with E-state index in [9.17, 15) is 18.3 Å². The van der Waals surface area contributed by atoms with Crippen LogP contribution in [0, 0.1) is 5.92 Å². The predicted molar refractivity (Wildman–Crippen MR) is 81.7 cm³/mol. The molecule has 0 amide bonds. The number of sulfonamides is 1. The fraction of sp³-hybridized carbons (Fsp3) is 0.533. The van der Waals surface area contributed by atoms with Crippen molar-refractivity contribution in [1.82, 2.24) is 4.72 Å². The number of carboxylic acids is 1. The number of benzene rings is 1. The largest absolute Gasteiger partial charge is 0.481 e. The van der Waals surface area contributed by atoms with Gasteiger partial charge in [-0.15, -0.1) is 0 Å². The average molecular weight is 313 g/mol. The summed E-state index contributed by atoms with van der Waals surface area (Å²) in [5.74, 6) is -1.68. The summed E-state index contributed by atoms with van der Waals surface area (Å²) in [6.45, 7) is 7.28. The van der Waals surface area contributed by atoms with E-state index in [1.165, 1.54) is 6.07 Å². The number of rotatable bonds is 7. The minimum absolute atomic E-state index is 0.0479. The Labute approximate surface area is 126 Å². The Morgan fingerprint density at radius 3 is 2.24 bits per heavy atom. The molecule has 2 N–H and O–H groups in total. The fourth-order valence-electron chi connectivity index (χ4n) is 2.22. The summed E-state index contributed by atoms with van der Waals surface area (Å²) in [5.41, 5.74) is 0.340. The maximum absolute atomic E-state index is 12.4. The molecular weight excluding hydrogens is 290 g/mol. The maximum Gasteiger partial charge on any atom is 0.311 e. The molecule has 0 bridgehead atoms. The summed E-state index contributed by atoms with van der Waals surface area (Å²) >= 11 is 0. The topological polar surface area (TPSA) is 83.5 Å². The van der Waals surface area contributed by atoms with Crippen molar-refractivity contribution in [3.05, 3.63) is 29.8 Å². The van der Waals surface area contributed by atoms with Crippen LogP contribution < -0.4 is 4.72 Å². The Balaban J connectivity index is 3.34. The highest BCUT2D eigenvalue weighted by Crippen LogP contribution is 2.29. The van der Waals surface area contributed by atoms with E-state index in [0.717, 1.165) is 0 Å². The van der Waals surface area contributed by atoms with Gasteiger partial charge in [0, 0.05) is 6.04 Å². The van der Waals surface area contributed by atoms with E-state index in [0.29, 0.717) is 12.0 Å². The summed E-state index contributed by atoms with van der Waals surface area (Å²) < 4.78 is 27.2.